The molecule has 0 aliphatic heterocycles. The molecule has 2 atom stereocenters. The van der Waals surface area contributed by atoms with Crippen molar-refractivity contribution < 1.29 is 13.9 Å². The molecule has 0 saturated carbocycles. The van der Waals surface area contributed by atoms with Gasteiger partial charge < -0.3 is 10.5 Å². The number of carbonyl (C=O) groups excluding carboxylic acids is 1. The van der Waals surface area contributed by atoms with Crippen molar-refractivity contribution in [1.29, 1.82) is 0 Å². The van der Waals surface area contributed by atoms with Gasteiger partial charge in [0.1, 0.15) is 11.7 Å². The molecule has 12 heavy (non-hydrogen) atoms. The van der Waals surface area contributed by atoms with Crippen LogP contribution in [0.25, 0.3) is 0 Å². The highest BCUT2D eigenvalue weighted by Gasteiger charge is 2.34. The molecule has 0 rings (SSSR count). The fourth-order valence-electron chi connectivity index (χ4n) is 0.767. The van der Waals surface area contributed by atoms with Crippen LogP contribution in [0.4, 0.5) is 4.39 Å². The zero-order valence-electron chi connectivity index (χ0n) is 7.93. The highest BCUT2D eigenvalue weighted by Crippen LogP contribution is 2.23. The maximum atomic E-state index is 13.2. The summed E-state index contributed by atoms with van der Waals surface area (Å²) in [4.78, 5) is 10.9. The van der Waals surface area contributed by atoms with Crippen LogP contribution in [0, 0.1) is 5.92 Å². The molecule has 0 aromatic rings. The summed E-state index contributed by atoms with van der Waals surface area (Å²) >= 11 is 0. The SMILES string of the molecule is COC(=O)C(N)[C@@H](C)C(C)(C)F. The Labute approximate surface area is 72.1 Å². The van der Waals surface area contributed by atoms with Gasteiger partial charge in [-0.3, -0.25) is 4.79 Å². The Balaban J connectivity index is 4.29. The van der Waals surface area contributed by atoms with E-state index in [0.717, 1.165) is 0 Å². The topological polar surface area (TPSA) is 52.3 Å². The van der Waals surface area contributed by atoms with E-state index >= 15 is 0 Å². The van der Waals surface area contributed by atoms with Gasteiger partial charge in [0.2, 0.25) is 0 Å². The number of hydrogen-bond donors (Lipinski definition) is 1. The number of methoxy groups -OCH3 is 1. The van der Waals surface area contributed by atoms with Crippen LogP contribution < -0.4 is 5.73 Å². The second kappa shape index (κ2) is 3.85. The van der Waals surface area contributed by atoms with Crippen molar-refractivity contribution in [1.82, 2.24) is 0 Å². The highest BCUT2D eigenvalue weighted by molar-refractivity contribution is 5.75. The molecule has 0 fully saturated rings. The molecule has 0 spiro atoms. The van der Waals surface area contributed by atoms with Gasteiger partial charge in [-0.25, -0.2) is 4.39 Å². The van der Waals surface area contributed by atoms with Crippen molar-refractivity contribution in [2.24, 2.45) is 11.7 Å². The third kappa shape index (κ3) is 2.77. The highest BCUT2D eigenvalue weighted by atomic mass is 19.1. The Morgan fingerprint density at radius 2 is 2.00 bits per heavy atom. The van der Waals surface area contributed by atoms with Crippen LogP contribution in [0.3, 0.4) is 0 Å². The summed E-state index contributed by atoms with van der Waals surface area (Å²) in [6.07, 6.45) is 0. The normalized spacial score (nSPS) is 16.8. The number of hydrogen-bond acceptors (Lipinski definition) is 3. The maximum absolute atomic E-state index is 13.2. The van der Waals surface area contributed by atoms with Crippen LogP contribution in [-0.4, -0.2) is 24.8 Å². The van der Waals surface area contributed by atoms with Crippen molar-refractivity contribution in [3.05, 3.63) is 0 Å². The molecule has 0 amide bonds. The molecule has 0 aromatic carbocycles. The Bertz CT molecular complexity index is 165. The predicted octanol–water partition coefficient (Wildman–Crippen LogP) is 0.871. The van der Waals surface area contributed by atoms with Gasteiger partial charge in [-0.15, -0.1) is 0 Å². The second-order valence-corrected chi connectivity index (χ2v) is 3.40. The van der Waals surface area contributed by atoms with E-state index in [9.17, 15) is 9.18 Å². The summed E-state index contributed by atoms with van der Waals surface area (Å²) in [5.74, 6) is -1.13. The monoisotopic (exact) mass is 177 g/mol. The minimum Gasteiger partial charge on any atom is -0.468 e. The molecular formula is C8H16FNO2. The van der Waals surface area contributed by atoms with Gasteiger partial charge in [-0.05, 0) is 13.8 Å². The van der Waals surface area contributed by atoms with Crippen molar-refractivity contribution >= 4 is 5.97 Å². The summed E-state index contributed by atoms with van der Waals surface area (Å²) in [6, 6.07) is -0.894. The Morgan fingerprint density at radius 3 is 2.25 bits per heavy atom. The molecule has 3 nitrogen and oxygen atoms in total. The largest absolute Gasteiger partial charge is 0.468 e. The lowest BCUT2D eigenvalue weighted by Crippen LogP contribution is -2.45. The summed E-state index contributed by atoms with van der Waals surface area (Å²) in [5.41, 5.74) is 3.98. The Hall–Kier alpha value is -0.640. The predicted molar refractivity (Wildman–Crippen MR) is 44.3 cm³/mol. The summed E-state index contributed by atoms with van der Waals surface area (Å²) in [5, 5.41) is 0. The van der Waals surface area contributed by atoms with E-state index in [2.05, 4.69) is 4.74 Å². The number of halogens is 1. The fraction of sp³-hybridized carbons (Fsp3) is 0.875. The minimum absolute atomic E-state index is 0.551. The van der Waals surface area contributed by atoms with Crippen LogP contribution in [0.5, 0.6) is 0 Å². The number of alkyl halides is 1. The molecule has 0 saturated heterocycles. The van der Waals surface area contributed by atoms with Gasteiger partial charge in [0.05, 0.1) is 7.11 Å². The van der Waals surface area contributed by atoms with Gasteiger partial charge in [0, 0.05) is 5.92 Å². The minimum atomic E-state index is -1.46. The zero-order valence-corrected chi connectivity index (χ0v) is 7.93. The van der Waals surface area contributed by atoms with E-state index in [1.54, 1.807) is 6.92 Å². The smallest absolute Gasteiger partial charge is 0.323 e. The van der Waals surface area contributed by atoms with E-state index in [1.165, 1.54) is 21.0 Å². The summed E-state index contributed by atoms with van der Waals surface area (Å²) in [6.45, 7) is 4.36. The quantitative estimate of drug-likeness (QED) is 0.651. The molecule has 72 valence electrons. The molecule has 0 aliphatic rings. The third-order valence-corrected chi connectivity index (χ3v) is 2.09. The van der Waals surface area contributed by atoms with E-state index < -0.39 is 23.6 Å². The number of ether oxygens (including phenoxy) is 1. The van der Waals surface area contributed by atoms with Gasteiger partial charge >= 0.3 is 5.97 Å². The first-order valence-electron chi connectivity index (χ1n) is 3.83. The molecule has 0 aromatic heterocycles. The number of esters is 1. The molecule has 4 heteroatoms. The molecule has 0 heterocycles. The Kier molecular flexibility index (Phi) is 3.64. The average Bonchev–Trinajstić information content (AvgIpc) is 1.98. The second-order valence-electron chi connectivity index (χ2n) is 3.40. The average molecular weight is 177 g/mol. The van der Waals surface area contributed by atoms with Crippen molar-refractivity contribution in [3.8, 4) is 0 Å². The van der Waals surface area contributed by atoms with E-state index in [4.69, 9.17) is 5.73 Å². The summed E-state index contributed by atoms with van der Waals surface area (Å²) in [7, 11) is 1.24. The first-order valence-corrected chi connectivity index (χ1v) is 3.83. The molecular weight excluding hydrogens is 161 g/mol. The van der Waals surface area contributed by atoms with Crippen LogP contribution in [0.2, 0.25) is 0 Å². The lowest BCUT2D eigenvalue weighted by atomic mass is 9.88. The first-order chi connectivity index (χ1) is 5.30. The van der Waals surface area contributed by atoms with Crippen molar-refractivity contribution in [2.45, 2.75) is 32.5 Å². The number of carbonyl (C=O) groups is 1. The van der Waals surface area contributed by atoms with Gasteiger partial charge in [-0.1, -0.05) is 6.92 Å². The van der Waals surface area contributed by atoms with E-state index in [-0.39, 0.29) is 0 Å². The molecule has 0 aliphatic carbocycles. The standard InChI is InChI=1S/C8H16FNO2/c1-5(8(2,3)9)6(10)7(11)12-4/h5-6H,10H2,1-4H3/t5-,6?/m1/s1. The van der Waals surface area contributed by atoms with Gasteiger partial charge in [0.25, 0.3) is 0 Å². The number of rotatable bonds is 3. The van der Waals surface area contributed by atoms with Crippen molar-refractivity contribution in [2.75, 3.05) is 7.11 Å². The lowest BCUT2D eigenvalue weighted by molar-refractivity contribution is -0.144. The van der Waals surface area contributed by atoms with Crippen LogP contribution in [0.15, 0.2) is 0 Å². The number of nitrogens with two attached hydrogens (primary N) is 1. The molecule has 1 unspecified atom stereocenters. The van der Waals surface area contributed by atoms with Crippen LogP contribution in [0.1, 0.15) is 20.8 Å². The molecule has 2 N–H and O–H groups in total. The van der Waals surface area contributed by atoms with Crippen molar-refractivity contribution in [3.63, 3.8) is 0 Å². The first kappa shape index (κ1) is 11.4. The maximum Gasteiger partial charge on any atom is 0.323 e. The van der Waals surface area contributed by atoms with E-state index in [0.29, 0.717) is 0 Å². The molecule has 0 bridgehead atoms. The fourth-order valence-corrected chi connectivity index (χ4v) is 0.767. The van der Waals surface area contributed by atoms with E-state index in [1.807, 2.05) is 0 Å². The van der Waals surface area contributed by atoms with Crippen LogP contribution in [-0.2, 0) is 9.53 Å². The summed E-state index contributed by atoms with van der Waals surface area (Å²) < 4.78 is 17.6. The zero-order chi connectivity index (χ0) is 9.94. The van der Waals surface area contributed by atoms with Crippen LogP contribution >= 0.6 is 0 Å². The van der Waals surface area contributed by atoms with Gasteiger partial charge in [-0.2, -0.15) is 0 Å². The Morgan fingerprint density at radius 1 is 1.58 bits per heavy atom. The lowest BCUT2D eigenvalue weighted by Gasteiger charge is -2.26. The van der Waals surface area contributed by atoms with Gasteiger partial charge in [0.15, 0.2) is 0 Å². The molecule has 0 radical (unpaired) electrons. The third-order valence-electron chi connectivity index (χ3n) is 2.09.